The van der Waals surface area contributed by atoms with E-state index in [2.05, 4.69) is 31.3 Å². The molecule has 1 saturated carbocycles. The predicted octanol–water partition coefficient (Wildman–Crippen LogP) is 2.39. The molecule has 21 heavy (non-hydrogen) atoms. The van der Waals surface area contributed by atoms with Crippen molar-refractivity contribution >= 4 is 21.8 Å². The summed E-state index contributed by atoms with van der Waals surface area (Å²) in [6.45, 7) is 0. The van der Waals surface area contributed by atoms with Crippen LogP contribution in [0.5, 0.6) is 0 Å². The molecule has 2 aromatic rings. The summed E-state index contributed by atoms with van der Waals surface area (Å²) >= 11 is 3.44. The van der Waals surface area contributed by atoms with Crippen LogP contribution in [0.1, 0.15) is 30.0 Å². The maximum Gasteiger partial charge on any atom is 0.225 e. The lowest BCUT2D eigenvalue weighted by molar-refractivity contribution is -0.121. The van der Waals surface area contributed by atoms with Crippen molar-refractivity contribution in [2.45, 2.75) is 25.3 Å². The Morgan fingerprint density at radius 1 is 1.48 bits per heavy atom. The maximum absolute atomic E-state index is 12.2. The first kappa shape index (κ1) is 14.3. The molecular formula is C15H17BrN4O. The molecule has 3 rings (SSSR count). The van der Waals surface area contributed by atoms with Crippen LogP contribution in [0, 0.1) is 5.92 Å². The van der Waals surface area contributed by atoms with Crippen LogP contribution in [0.25, 0.3) is 0 Å². The van der Waals surface area contributed by atoms with Crippen molar-refractivity contribution in [1.82, 2.24) is 20.1 Å². The molecule has 1 aliphatic carbocycles. The van der Waals surface area contributed by atoms with Crippen LogP contribution in [0.2, 0.25) is 0 Å². The van der Waals surface area contributed by atoms with Crippen molar-refractivity contribution in [3.8, 4) is 0 Å². The van der Waals surface area contributed by atoms with Crippen molar-refractivity contribution in [1.29, 1.82) is 0 Å². The number of aromatic nitrogens is 3. The highest BCUT2D eigenvalue weighted by molar-refractivity contribution is 9.10. The van der Waals surface area contributed by atoms with E-state index < -0.39 is 0 Å². The summed E-state index contributed by atoms with van der Waals surface area (Å²) in [6, 6.07) is 2.08. The van der Waals surface area contributed by atoms with Gasteiger partial charge in [-0.15, -0.1) is 0 Å². The molecule has 1 fully saturated rings. The van der Waals surface area contributed by atoms with Gasteiger partial charge in [-0.05, 0) is 51.9 Å². The van der Waals surface area contributed by atoms with Crippen LogP contribution in [-0.2, 0) is 18.3 Å². The molecule has 0 saturated heterocycles. The molecule has 0 bridgehead atoms. The molecular weight excluding hydrogens is 332 g/mol. The number of amides is 1. The zero-order valence-corrected chi connectivity index (χ0v) is 13.4. The van der Waals surface area contributed by atoms with Crippen LogP contribution in [0.15, 0.2) is 35.3 Å². The van der Waals surface area contributed by atoms with Gasteiger partial charge in [-0.25, -0.2) is 0 Å². The highest BCUT2D eigenvalue weighted by Gasteiger charge is 2.33. The molecule has 0 aromatic carbocycles. The van der Waals surface area contributed by atoms with Gasteiger partial charge in [0.15, 0.2) is 0 Å². The Morgan fingerprint density at radius 2 is 2.29 bits per heavy atom. The van der Waals surface area contributed by atoms with E-state index in [1.807, 2.05) is 25.5 Å². The van der Waals surface area contributed by atoms with Crippen molar-refractivity contribution < 1.29 is 4.79 Å². The topological polar surface area (TPSA) is 59.8 Å². The van der Waals surface area contributed by atoms with E-state index in [9.17, 15) is 4.79 Å². The molecule has 0 radical (unpaired) electrons. The van der Waals surface area contributed by atoms with Crippen LogP contribution in [0.3, 0.4) is 0 Å². The van der Waals surface area contributed by atoms with E-state index in [0.29, 0.717) is 12.3 Å². The van der Waals surface area contributed by atoms with Crippen molar-refractivity contribution in [2.75, 3.05) is 0 Å². The monoisotopic (exact) mass is 348 g/mol. The zero-order chi connectivity index (χ0) is 14.8. The normalized spacial score (nSPS) is 15.7. The largest absolute Gasteiger partial charge is 0.349 e. The second-order valence-electron chi connectivity index (χ2n) is 5.52. The lowest BCUT2D eigenvalue weighted by Crippen LogP contribution is -2.31. The first-order valence-corrected chi connectivity index (χ1v) is 7.78. The van der Waals surface area contributed by atoms with Crippen LogP contribution in [-0.4, -0.2) is 20.7 Å². The summed E-state index contributed by atoms with van der Waals surface area (Å²) in [5, 5.41) is 7.23. The summed E-state index contributed by atoms with van der Waals surface area (Å²) in [4.78, 5) is 16.4. The van der Waals surface area contributed by atoms with Gasteiger partial charge in [-0.3, -0.25) is 14.5 Å². The molecule has 1 aliphatic rings. The van der Waals surface area contributed by atoms with E-state index >= 15 is 0 Å². The standard InChI is InChI=1S/C15H17BrN4O/c1-20-9-10(6-18-20)4-14(21)19-15(11-2-3-11)12-5-13(16)8-17-7-12/h5-9,11,15H,2-4H2,1H3,(H,19,21)/t15-/m0/s1. The van der Waals surface area contributed by atoms with Crippen LogP contribution >= 0.6 is 15.9 Å². The van der Waals surface area contributed by atoms with Gasteiger partial charge in [0.2, 0.25) is 5.91 Å². The van der Waals surface area contributed by atoms with Crippen molar-refractivity contribution in [3.05, 3.63) is 46.5 Å². The SMILES string of the molecule is Cn1cc(CC(=O)N[C@H](c2cncc(Br)c2)C2CC2)cn1. The van der Waals surface area contributed by atoms with Gasteiger partial charge in [0.25, 0.3) is 0 Å². The number of nitrogens with one attached hydrogen (secondary N) is 1. The Labute approximate surface area is 131 Å². The molecule has 0 aliphatic heterocycles. The molecule has 2 heterocycles. The number of carbonyl (C=O) groups excluding carboxylic acids is 1. The van der Waals surface area contributed by atoms with E-state index in [1.165, 1.54) is 0 Å². The van der Waals surface area contributed by atoms with Gasteiger partial charge in [0.1, 0.15) is 0 Å². The fourth-order valence-corrected chi connectivity index (χ4v) is 2.86. The van der Waals surface area contributed by atoms with Crippen molar-refractivity contribution in [2.24, 2.45) is 13.0 Å². The number of hydrogen-bond donors (Lipinski definition) is 1. The average Bonchev–Trinajstić information content (AvgIpc) is 3.20. The third-order valence-electron chi connectivity index (χ3n) is 3.62. The molecule has 2 aromatic heterocycles. The van der Waals surface area contributed by atoms with Gasteiger partial charge in [0.05, 0.1) is 18.7 Å². The predicted molar refractivity (Wildman–Crippen MR) is 82.5 cm³/mol. The number of hydrogen-bond acceptors (Lipinski definition) is 3. The maximum atomic E-state index is 12.2. The minimum absolute atomic E-state index is 0.0277. The van der Waals surface area contributed by atoms with Gasteiger partial charge in [-0.1, -0.05) is 0 Å². The Hall–Kier alpha value is -1.69. The van der Waals surface area contributed by atoms with Crippen LogP contribution in [0.4, 0.5) is 0 Å². The van der Waals surface area contributed by atoms with Gasteiger partial charge < -0.3 is 5.32 Å². The summed E-state index contributed by atoms with van der Waals surface area (Å²) in [5.41, 5.74) is 1.99. The molecule has 110 valence electrons. The number of carbonyl (C=O) groups is 1. The molecule has 1 amide bonds. The fraction of sp³-hybridized carbons (Fsp3) is 0.400. The Bertz CT molecular complexity index is 651. The number of nitrogens with zero attached hydrogens (tertiary/aromatic N) is 3. The zero-order valence-electron chi connectivity index (χ0n) is 11.8. The van der Waals surface area contributed by atoms with E-state index in [4.69, 9.17) is 0 Å². The second-order valence-corrected chi connectivity index (χ2v) is 6.43. The summed E-state index contributed by atoms with van der Waals surface area (Å²) in [5.74, 6) is 0.554. The lowest BCUT2D eigenvalue weighted by atomic mass is 10.0. The Kier molecular flexibility index (Phi) is 4.05. The number of aryl methyl sites for hydroxylation is 1. The van der Waals surface area contributed by atoms with E-state index in [0.717, 1.165) is 28.4 Å². The smallest absolute Gasteiger partial charge is 0.225 e. The Morgan fingerprint density at radius 3 is 2.90 bits per heavy atom. The molecule has 1 N–H and O–H groups in total. The fourth-order valence-electron chi connectivity index (χ4n) is 2.47. The first-order chi connectivity index (χ1) is 10.1. The molecule has 1 atom stereocenters. The number of halogens is 1. The molecule has 6 heteroatoms. The molecule has 0 unspecified atom stereocenters. The number of rotatable bonds is 5. The van der Waals surface area contributed by atoms with Crippen LogP contribution < -0.4 is 5.32 Å². The average molecular weight is 349 g/mol. The summed E-state index contributed by atoms with van der Waals surface area (Å²) < 4.78 is 2.64. The molecule has 5 nitrogen and oxygen atoms in total. The first-order valence-electron chi connectivity index (χ1n) is 6.99. The van der Waals surface area contributed by atoms with E-state index in [-0.39, 0.29) is 11.9 Å². The van der Waals surface area contributed by atoms with Gasteiger partial charge >= 0.3 is 0 Å². The molecule has 0 spiro atoms. The lowest BCUT2D eigenvalue weighted by Gasteiger charge is -2.18. The van der Waals surface area contributed by atoms with Gasteiger partial charge in [-0.2, -0.15) is 5.10 Å². The van der Waals surface area contributed by atoms with E-state index in [1.54, 1.807) is 17.1 Å². The highest BCUT2D eigenvalue weighted by atomic mass is 79.9. The minimum atomic E-state index is 0.0277. The third kappa shape index (κ3) is 3.69. The highest BCUT2D eigenvalue weighted by Crippen LogP contribution is 2.41. The minimum Gasteiger partial charge on any atom is -0.349 e. The number of pyridine rings is 1. The van der Waals surface area contributed by atoms with Gasteiger partial charge in [0, 0.05) is 30.1 Å². The quantitative estimate of drug-likeness (QED) is 0.902. The Balaban J connectivity index is 1.69. The third-order valence-corrected chi connectivity index (χ3v) is 4.05. The summed E-state index contributed by atoms with van der Waals surface area (Å²) in [7, 11) is 1.85. The summed E-state index contributed by atoms with van der Waals surface area (Å²) in [6.07, 6.45) is 9.86. The van der Waals surface area contributed by atoms with Crippen molar-refractivity contribution in [3.63, 3.8) is 0 Å². The second kappa shape index (κ2) is 5.97.